The number of ether oxygens (including phenoxy) is 1. The van der Waals surface area contributed by atoms with Crippen LogP contribution >= 0.6 is 0 Å². The molecule has 0 saturated carbocycles. The number of carbonyl (C=O) groups is 2. The molecule has 6 heteroatoms. The summed E-state index contributed by atoms with van der Waals surface area (Å²) in [6.07, 6.45) is 0.890. The molecule has 150 valence electrons. The van der Waals surface area contributed by atoms with Gasteiger partial charge in [-0.15, -0.1) is 0 Å². The summed E-state index contributed by atoms with van der Waals surface area (Å²) in [5.74, 6) is -1.36. The highest BCUT2D eigenvalue weighted by Gasteiger charge is 2.42. The Bertz CT molecular complexity index is 969. The van der Waals surface area contributed by atoms with Crippen LogP contribution in [0.3, 0.4) is 0 Å². The maximum atomic E-state index is 13.0. The van der Waals surface area contributed by atoms with Crippen LogP contribution in [0.5, 0.6) is 0 Å². The summed E-state index contributed by atoms with van der Waals surface area (Å²) in [5.41, 5.74) is 4.45. The zero-order valence-corrected chi connectivity index (χ0v) is 16.7. The second-order valence-corrected chi connectivity index (χ2v) is 7.47. The first-order valence-electron chi connectivity index (χ1n) is 10.0. The smallest absolute Gasteiger partial charge is 0.321 e. The van der Waals surface area contributed by atoms with Gasteiger partial charge in [-0.1, -0.05) is 54.1 Å². The molecule has 2 aliphatic heterocycles. The van der Waals surface area contributed by atoms with Crippen molar-refractivity contribution in [1.29, 1.82) is 0 Å². The van der Waals surface area contributed by atoms with Crippen LogP contribution in [0, 0.1) is 12.8 Å². The Hall–Kier alpha value is -3.15. The molecule has 0 unspecified atom stereocenters. The molecule has 0 saturated heterocycles. The first kappa shape index (κ1) is 19.2. The van der Waals surface area contributed by atoms with Crippen molar-refractivity contribution in [3.63, 3.8) is 0 Å². The van der Waals surface area contributed by atoms with E-state index >= 15 is 0 Å². The number of esters is 1. The first-order chi connectivity index (χ1) is 14.1. The molecule has 6 nitrogen and oxygen atoms in total. The Labute approximate surface area is 170 Å². The summed E-state index contributed by atoms with van der Waals surface area (Å²) in [4.78, 5) is 32.4. The Morgan fingerprint density at radius 2 is 2.00 bits per heavy atom. The van der Waals surface area contributed by atoms with Gasteiger partial charge in [0, 0.05) is 13.1 Å². The lowest BCUT2D eigenvalue weighted by Gasteiger charge is -2.36. The zero-order chi connectivity index (χ0) is 20.4. The minimum atomic E-state index is -0.988. The Morgan fingerprint density at radius 1 is 1.21 bits per heavy atom. The lowest BCUT2D eigenvalue weighted by molar-refractivity contribution is -0.153. The standard InChI is InChI=1S/C23H25N3O3/c1-3-29-22(28)19-20(17-10-6-7-15(2)13-17)24-23(25-21(19)27)26-12-11-16-8-4-5-9-18(16)14-26/h4-10,13,19-20H,3,11-12,14H2,1-2H3,(H,24,25,27)/t19-,20+/m0/s1. The monoisotopic (exact) mass is 391 g/mol. The first-order valence-corrected chi connectivity index (χ1v) is 10.0. The average Bonchev–Trinajstić information content (AvgIpc) is 2.73. The highest BCUT2D eigenvalue weighted by atomic mass is 16.5. The predicted octanol–water partition coefficient (Wildman–Crippen LogP) is 2.76. The molecule has 2 heterocycles. The number of aryl methyl sites for hydroxylation is 1. The molecule has 29 heavy (non-hydrogen) atoms. The summed E-state index contributed by atoms with van der Waals surface area (Å²) in [7, 11) is 0. The summed E-state index contributed by atoms with van der Waals surface area (Å²) < 4.78 is 5.18. The minimum absolute atomic E-state index is 0.225. The highest BCUT2D eigenvalue weighted by Crippen LogP contribution is 2.32. The van der Waals surface area contributed by atoms with E-state index in [1.165, 1.54) is 11.1 Å². The number of carbonyl (C=O) groups excluding carboxylic acids is 2. The fraction of sp³-hybridized carbons (Fsp3) is 0.348. The van der Waals surface area contributed by atoms with Crippen molar-refractivity contribution in [3.8, 4) is 0 Å². The van der Waals surface area contributed by atoms with Crippen molar-refractivity contribution in [2.75, 3.05) is 13.2 Å². The van der Waals surface area contributed by atoms with Crippen molar-refractivity contribution < 1.29 is 14.3 Å². The van der Waals surface area contributed by atoms with Crippen LogP contribution in [-0.4, -0.2) is 35.9 Å². The van der Waals surface area contributed by atoms with Crippen LogP contribution in [0.25, 0.3) is 0 Å². The fourth-order valence-corrected chi connectivity index (χ4v) is 4.00. The van der Waals surface area contributed by atoms with Gasteiger partial charge in [0.2, 0.25) is 11.9 Å². The van der Waals surface area contributed by atoms with E-state index in [1.807, 2.05) is 43.3 Å². The molecule has 1 amide bonds. The van der Waals surface area contributed by atoms with E-state index in [1.54, 1.807) is 6.92 Å². The van der Waals surface area contributed by atoms with E-state index in [0.29, 0.717) is 12.5 Å². The summed E-state index contributed by atoms with van der Waals surface area (Å²) in [6, 6.07) is 15.5. The van der Waals surface area contributed by atoms with E-state index in [0.717, 1.165) is 24.1 Å². The maximum Gasteiger partial charge on any atom is 0.321 e. The van der Waals surface area contributed by atoms with Crippen LogP contribution in [-0.2, 0) is 27.3 Å². The van der Waals surface area contributed by atoms with E-state index in [2.05, 4.69) is 22.3 Å². The average molecular weight is 391 g/mol. The number of hydrogen-bond donors (Lipinski definition) is 1. The lowest BCUT2D eigenvalue weighted by Crippen LogP contribution is -2.53. The highest BCUT2D eigenvalue weighted by molar-refractivity contribution is 6.08. The number of guanidine groups is 1. The van der Waals surface area contributed by atoms with E-state index in [-0.39, 0.29) is 12.5 Å². The Balaban J connectivity index is 1.69. The predicted molar refractivity (Wildman–Crippen MR) is 110 cm³/mol. The van der Waals surface area contributed by atoms with Gasteiger partial charge in [0.1, 0.15) is 6.04 Å². The number of nitrogens with zero attached hydrogens (tertiary/aromatic N) is 2. The quantitative estimate of drug-likeness (QED) is 0.645. The molecule has 4 rings (SSSR count). The van der Waals surface area contributed by atoms with Gasteiger partial charge in [-0.3, -0.25) is 14.9 Å². The van der Waals surface area contributed by atoms with Crippen LogP contribution < -0.4 is 5.32 Å². The van der Waals surface area contributed by atoms with E-state index in [4.69, 9.17) is 9.73 Å². The molecule has 0 radical (unpaired) electrons. The van der Waals surface area contributed by atoms with Crippen molar-refractivity contribution in [2.24, 2.45) is 10.9 Å². The number of hydrogen-bond acceptors (Lipinski definition) is 5. The molecule has 0 bridgehead atoms. The van der Waals surface area contributed by atoms with Gasteiger partial charge in [0.25, 0.3) is 0 Å². The van der Waals surface area contributed by atoms with Crippen LogP contribution in [0.15, 0.2) is 53.5 Å². The topological polar surface area (TPSA) is 71.0 Å². The number of aliphatic imine (C=N–C) groups is 1. The molecular formula is C23H25N3O3. The number of rotatable bonds is 3. The van der Waals surface area contributed by atoms with Gasteiger partial charge in [-0.2, -0.15) is 0 Å². The molecule has 2 aliphatic rings. The molecule has 1 N–H and O–H groups in total. The fourth-order valence-electron chi connectivity index (χ4n) is 4.00. The van der Waals surface area contributed by atoms with Crippen LogP contribution in [0.1, 0.15) is 35.2 Å². The largest absolute Gasteiger partial charge is 0.465 e. The zero-order valence-electron chi connectivity index (χ0n) is 16.7. The Morgan fingerprint density at radius 3 is 2.76 bits per heavy atom. The van der Waals surface area contributed by atoms with Crippen molar-refractivity contribution in [1.82, 2.24) is 10.2 Å². The van der Waals surface area contributed by atoms with Gasteiger partial charge < -0.3 is 9.64 Å². The third kappa shape index (κ3) is 3.88. The maximum absolute atomic E-state index is 13.0. The molecule has 0 fully saturated rings. The SMILES string of the molecule is CCOC(=O)[C@@H]1C(=O)NC(N2CCc3ccccc3C2)=N[C@@H]1c1cccc(C)c1. The van der Waals surface area contributed by atoms with Crippen molar-refractivity contribution in [3.05, 3.63) is 70.8 Å². The molecule has 0 spiro atoms. The van der Waals surface area contributed by atoms with Crippen LogP contribution in [0.4, 0.5) is 0 Å². The third-order valence-corrected chi connectivity index (χ3v) is 5.45. The second kappa shape index (κ2) is 8.07. The number of benzene rings is 2. The van der Waals surface area contributed by atoms with Crippen molar-refractivity contribution >= 4 is 17.8 Å². The normalized spacial score (nSPS) is 21.1. The molecule has 2 aromatic carbocycles. The van der Waals surface area contributed by atoms with E-state index < -0.39 is 17.9 Å². The lowest BCUT2D eigenvalue weighted by atomic mass is 9.90. The van der Waals surface area contributed by atoms with Gasteiger partial charge >= 0.3 is 5.97 Å². The van der Waals surface area contributed by atoms with Crippen LogP contribution in [0.2, 0.25) is 0 Å². The summed E-state index contributed by atoms with van der Waals surface area (Å²) in [6.45, 7) is 5.39. The number of amides is 1. The number of nitrogens with one attached hydrogen (secondary N) is 1. The molecule has 0 aliphatic carbocycles. The molecule has 2 aromatic rings. The summed E-state index contributed by atoms with van der Waals surface area (Å²) >= 11 is 0. The van der Waals surface area contributed by atoms with Gasteiger partial charge in [0.15, 0.2) is 5.92 Å². The Kier molecular flexibility index (Phi) is 5.34. The van der Waals surface area contributed by atoms with Gasteiger partial charge in [-0.25, -0.2) is 4.99 Å². The molecule has 0 aromatic heterocycles. The minimum Gasteiger partial charge on any atom is -0.465 e. The molecular weight excluding hydrogens is 366 g/mol. The number of fused-ring (bicyclic) bond motifs is 1. The second-order valence-electron chi connectivity index (χ2n) is 7.47. The van der Waals surface area contributed by atoms with Gasteiger partial charge in [0.05, 0.1) is 6.61 Å². The van der Waals surface area contributed by atoms with E-state index in [9.17, 15) is 9.59 Å². The van der Waals surface area contributed by atoms with Crippen molar-refractivity contribution in [2.45, 2.75) is 32.9 Å². The molecule has 2 atom stereocenters. The summed E-state index contributed by atoms with van der Waals surface area (Å²) in [5, 5.41) is 2.86. The third-order valence-electron chi connectivity index (χ3n) is 5.45. The van der Waals surface area contributed by atoms with Gasteiger partial charge in [-0.05, 0) is 37.0 Å².